The van der Waals surface area contributed by atoms with Gasteiger partial charge in [-0.1, -0.05) is 30.3 Å². The van der Waals surface area contributed by atoms with E-state index in [4.69, 9.17) is 4.74 Å². The Hall–Kier alpha value is -2.40. The normalized spacial score (nSPS) is 22.0. The van der Waals surface area contributed by atoms with Crippen LogP contribution in [0.5, 0.6) is 0 Å². The minimum atomic E-state index is -0.497. The third-order valence-electron chi connectivity index (χ3n) is 6.41. The SMILES string of the molecule is CCN(c1cc(F)cc(C(=O)OC)c1C)C1CC(C)N(Cc2ccccc2)[C@H](C)C1. The number of benzene rings is 2. The summed E-state index contributed by atoms with van der Waals surface area (Å²) >= 11 is 0. The molecule has 30 heavy (non-hydrogen) atoms. The smallest absolute Gasteiger partial charge is 0.338 e. The Morgan fingerprint density at radius 3 is 2.37 bits per heavy atom. The van der Waals surface area contributed by atoms with Gasteiger partial charge in [-0.05, 0) is 63.8 Å². The summed E-state index contributed by atoms with van der Waals surface area (Å²) in [6, 6.07) is 14.5. The third kappa shape index (κ3) is 4.67. The number of esters is 1. The van der Waals surface area contributed by atoms with Gasteiger partial charge in [0.25, 0.3) is 0 Å². The lowest BCUT2D eigenvalue weighted by Gasteiger charge is -2.47. The fraction of sp³-hybridized carbons (Fsp3) is 0.480. The van der Waals surface area contributed by atoms with Gasteiger partial charge in [0.1, 0.15) is 5.82 Å². The Morgan fingerprint density at radius 2 is 1.80 bits per heavy atom. The fourth-order valence-electron chi connectivity index (χ4n) is 4.86. The Kier molecular flexibility index (Phi) is 7.14. The van der Waals surface area contributed by atoms with E-state index in [-0.39, 0.29) is 6.04 Å². The van der Waals surface area contributed by atoms with Gasteiger partial charge >= 0.3 is 5.97 Å². The molecular formula is C25H33FN2O2. The first-order chi connectivity index (χ1) is 14.3. The third-order valence-corrected chi connectivity index (χ3v) is 6.41. The molecular weight excluding hydrogens is 379 g/mol. The molecule has 2 aromatic rings. The van der Waals surface area contributed by atoms with Gasteiger partial charge in [-0.3, -0.25) is 4.90 Å². The highest BCUT2D eigenvalue weighted by molar-refractivity contribution is 5.92. The average Bonchev–Trinajstić information content (AvgIpc) is 2.73. The molecule has 0 aliphatic carbocycles. The quantitative estimate of drug-likeness (QED) is 0.612. The van der Waals surface area contributed by atoms with Crippen LogP contribution in [0, 0.1) is 12.7 Å². The first kappa shape index (κ1) is 22.3. The highest BCUT2D eigenvalue weighted by Gasteiger charge is 2.34. The van der Waals surface area contributed by atoms with Crippen molar-refractivity contribution in [2.45, 2.75) is 65.2 Å². The van der Waals surface area contributed by atoms with Gasteiger partial charge in [-0.2, -0.15) is 0 Å². The van der Waals surface area contributed by atoms with Crippen molar-refractivity contribution in [3.63, 3.8) is 0 Å². The lowest BCUT2D eigenvalue weighted by Crippen LogP contribution is -2.53. The first-order valence-electron chi connectivity index (χ1n) is 10.8. The summed E-state index contributed by atoms with van der Waals surface area (Å²) in [7, 11) is 1.33. The van der Waals surface area contributed by atoms with Crippen molar-refractivity contribution >= 4 is 11.7 Å². The van der Waals surface area contributed by atoms with Crippen molar-refractivity contribution in [1.29, 1.82) is 0 Å². The van der Waals surface area contributed by atoms with Gasteiger partial charge < -0.3 is 9.64 Å². The zero-order chi connectivity index (χ0) is 21.8. The maximum atomic E-state index is 14.4. The first-order valence-corrected chi connectivity index (χ1v) is 10.8. The zero-order valence-electron chi connectivity index (χ0n) is 18.7. The van der Waals surface area contributed by atoms with E-state index in [0.29, 0.717) is 17.6 Å². The van der Waals surface area contributed by atoms with Crippen LogP contribution in [0.25, 0.3) is 0 Å². The second-order valence-corrected chi connectivity index (χ2v) is 8.36. The number of carbonyl (C=O) groups is 1. The van der Waals surface area contributed by atoms with Crippen molar-refractivity contribution < 1.29 is 13.9 Å². The fourth-order valence-corrected chi connectivity index (χ4v) is 4.86. The highest BCUT2D eigenvalue weighted by Crippen LogP contribution is 2.34. The molecule has 0 aromatic heterocycles. The Morgan fingerprint density at radius 1 is 1.17 bits per heavy atom. The molecule has 4 nitrogen and oxygen atoms in total. The van der Waals surface area contributed by atoms with Crippen LogP contribution in [0.15, 0.2) is 42.5 Å². The molecule has 0 N–H and O–H groups in total. The minimum Gasteiger partial charge on any atom is -0.465 e. The molecule has 3 rings (SSSR count). The average molecular weight is 413 g/mol. The number of hydrogen-bond donors (Lipinski definition) is 0. The molecule has 0 spiro atoms. The zero-order valence-corrected chi connectivity index (χ0v) is 18.7. The van der Waals surface area contributed by atoms with Gasteiger partial charge in [0.05, 0.1) is 12.7 Å². The summed E-state index contributed by atoms with van der Waals surface area (Å²) in [5.74, 6) is -0.902. The summed E-state index contributed by atoms with van der Waals surface area (Å²) in [4.78, 5) is 16.9. The lowest BCUT2D eigenvalue weighted by molar-refractivity contribution is 0.0599. The number of likely N-dealkylation sites (tertiary alicyclic amines) is 1. The van der Waals surface area contributed by atoms with Crippen LogP contribution >= 0.6 is 0 Å². The Balaban J connectivity index is 1.83. The Labute approximate surface area is 179 Å². The van der Waals surface area contributed by atoms with E-state index in [1.807, 2.05) is 13.0 Å². The second kappa shape index (κ2) is 9.61. The number of anilines is 1. The van der Waals surface area contributed by atoms with Crippen LogP contribution in [0.3, 0.4) is 0 Å². The molecule has 1 fully saturated rings. The van der Waals surface area contributed by atoms with Crippen LogP contribution in [-0.4, -0.2) is 42.6 Å². The Bertz CT molecular complexity index is 859. The van der Waals surface area contributed by atoms with Gasteiger partial charge in [0.2, 0.25) is 0 Å². The minimum absolute atomic E-state index is 0.290. The van der Waals surface area contributed by atoms with Gasteiger partial charge in [-0.15, -0.1) is 0 Å². The number of ether oxygens (including phenoxy) is 1. The molecule has 0 radical (unpaired) electrons. The maximum absolute atomic E-state index is 14.4. The highest BCUT2D eigenvalue weighted by atomic mass is 19.1. The predicted octanol–water partition coefficient (Wildman–Crippen LogP) is 5.19. The molecule has 0 saturated carbocycles. The van der Waals surface area contributed by atoms with Crippen LogP contribution in [-0.2, 0) is 11.3 Å². The standard InChI is InChI=1S/C25H33FN2O2/c1-6-27(24-15-21(26)14-23(19(24)4)25(29)30-5)22-12-17(2)28(18(3)13-22)16-20-10-8-7-9-11-20/h7-11,14-15,17-18,22H,6,12-13,16H2,1-5H3/t17-,18?,22?/m1/s1. The molecule has 3 atom stereocenters. The van der Waals surface area contributed by atoms with E-state index >= 15 is 0 Å². The molecule has 0 amide bonds. The number of methoxy groups -OCH3 is 1. The van der Waals surface area contributed by atoms with E-state index in [0.717, 1.165) is 37.2 Å². The number of carbonyl (C=O) groups excluding carboxylic acids is 1. The van der Waals surface area contributed by atoms with E-state index < -0.39 is 11.8 Å². The van der Waals surface area contributed by atoms with Crippen LogP contribution in [0.2, 0.25) is 0 Å². The van der Waals surface area contributed by atoms with E-state index in [1.165, 1.54) is 18.7 Å². The van der Waals surface area contributed by atoms with Gasteiger partial charge in [0.15, 0.2) is 0 Å². The number of nitrogens with zero attached hydrogens (tertiary/aromatic N) is 2. The summed E-state index contributed by atoms with van der Waals surface area (Å²) in [6.45, 7) is 10.2. The summed E-state index contributed by atoms with van der Waals surface area (Å²) < 4.78 is 19.2. The molecule has 2 aromatic carbocycles. The van der Waals surface area contributed by atoms with Gasteiger partial charge in [0, 0.05) is 36.9 Å². The molecule has 5 heteroatoms. The topological polar surface area (TPSA) is 32.8 Å². The monoisotopic (exact) mass is 412 g/mol. The molecule has 1 heterocycles. The number of hydrogen-bond acceptors (Lipinski definition) is 4. The van der Waals surface area contributed by atoms with Gasteiger partial charge in [-0.25, -0.2) is 9.18 Å². The number of piperidine rings is 1. The van der Waals surface area contributed by atoms with Crippen LogP contribution < -0.4 is 4.90 Å². The van der Waals surface area contributed by atoms with Crippen LogP contribution in [0.4, 0.5) is 10.1 Å². The van der Waals surface area contributed by atoms with Crippen molar-refractivity contribution in [2.24, 2.45) is 0 Å². The van der Waals surface area contributed by atoms with Crippen molar-refractivity contribution in [2.75, 3.05) is 18.6 Å². The lowest BCUT2D eigenvalue weighted by atomic mass is 9.90. The van der Waals surface area contributed by atoms with Crippen molar-refractivity contribution in [3.05, 3.63) is 65.0 Å². The molecule has 1 aliphatic rings. The van der Waals surface area contributed by atoms with Crippen LogP contribution in [0.1, 0.15) is 55.1 Å². The molecule has 0 bridgehead atoms. The summed E-state index contributed by atoms with van der Waals surface area (Å²) in [5, 5.41) is 0. The van der Waals surface area contributed by atoms with E-state index in [2.05, 4.69) is 54.8 Å². The van der Waals surface area contributed by atoms with E-state index in [9.17, 15) is 9.18 Å². The van der Waals surface area contributed by atoms with Crippen molar-refractivity contribution in [1.82, 2.24) is 4.90 Å². The maximum Gasteiger partial charge on any atom is 0.338 e. The largest absolute Gasteiger partial charge is 0.465 e. The van der Waals surface area contributed by atoms with E-state index in [1.54, 1.807) is 6.07 Å². The second-order valence-electron chi connectivity index (χ2n) is 8.36. The summed E-state index contributed by atoms with van der Waals surface area (Å²) in [6.07, 6.45) is 1.99. The summed E-state index contributed by atoms with van der Waals surface area (Å²) in [5.41, 5.74) is 3.19. The molecule has 1 aliphatic heterocycles. The molecule has 2 unspecified atom stereocenters. The predicted molar refractivity (Wildman–Crippen MR) is 119 cm³/mol. The number of rotatable bonds is 6. The van der Waals surface area contributed by atoms with Crippen molar-refractivity contribution in [3.8, 4) is 0 Å². The molecule has 162 valence electrons. The number of halogens is 1. The molecule has 1 saturated heterocycles.